The number of aromatic hydroxyl groups is 1. The molecule has 0 atom stereocenters. The van der Waals surface area contributed by atoms with Crippen molar-refractivity contribution >= 4 is 12.1 Å². The molecule has 9 heteroatoms. The summed E-state index contributed by atoms with van der Waals surface area (Å²) in [5.41, 5.74) is 2.38. The predicted molar refractivity (Wildman–Crippen MR) is 139 cm³/mol. The van der Waals surface area contributed by atoms with Crippen LogP contribution in [0, 0.1) is 19.8 Å². The minimum Gasteiger partial charge on any atom is -0.506 e. The summed E-state index contributed by atoms with van der Waals surface area (Å²) >= 11 is 0. The largest absolute Gasteiger partial charge is 0.506 e. The summed E-state index contributed by atoms with van der Waals surface area (Å²) in [5, 5.41) is 13.6. The molecule has 0 radical (unpaired) electrons. The number of aromatic nitrogens is 2. The Labute approximate surface area is 219 Å². The van der Waals surface area contributed by atoms with Crippen LogP contribution in [0.4, 0.5) is 4.79 Å². The van der Waals surface area contributed by atoms with E-state index in [0.29, 0.717) is 40.7 Å². The van der Waals surface area contributed by atoms with E-state index in [4.69, 9.17) is 14.0 Å². The highest BCUT2D eigenvalue weighted by Gasteiger charge is 2.26. The van der Waals surface area contributed by atoms with E-state index in [9.17, 15) is 14.7 Å². The lowest BCUT2D eigenvalue weighted by molar-refractivity contribution is -0.148. The van der Waals surface area contributed by atoms with Crippen LogP contribution < -0.4 is 0 Å². The molecule has 2 aliphatic carbocycles. The van der Waals surface area contributed by atoms with Crippen LogP contribution in [0.3, 0.4) is 0 Å². The SMILES string of the molecule is CC(C)OC(=O)CC1CCCC1.Cc1nc(-c2onc(C)c2COC(=O)N(C)C2CCCC2)ccc1O. The molecule has 2 saturated carbocycles. The molecule has 2 aromatic heterocycles. The molecule has 2 fully saturated rings. The maximum Gasteiger partial charge on any atom is 0.410 e. The quantitative estimate of drug-likeness (QED) is 0.441. The van der Waals surface area contributed by atoms with Crippen LogP contribution in [-0.2, 0) is 20.9 Å². The third-order valence-corrected chi connectivity index (χ3v) is 7.07. The van der Waals surface area contributed by atoms with Gasteiger partial charge in [0.15, 0.2) is 5.76 Å². The Kier molecular flexibility index (Phi) is 10.3. The fourth-order valence-electron chi connectivity index (χ4n) is 4.88. The maximum atomic E-state index is 12.3. The summed E-state index contributed by atoms with van der Waals surface area (Å²) in [6, 6.07) is 3.47. The van der Waals surface area contributed by atoms with E-state index in [1.165, 1.54) is 25.7 Å². The van der Waals surface area contributed by atoms with Gasteiger partial charge in [0.05, 0.1) is 23.1 Å². The van der Waals surface area contributed by atoms with Crippen molar-refractivity contribution in [3.05, 3.63) is 29.1 Å². The third-order valence-electron chi connectivity index (χ3n) is 7.07. The average Bonchev–Trinajstić information content (AvgIpc) is 3.62. The van der Waals surface area contributed by atoms with Crippen LogP contribution in [0.5, 0.6) is 5.75 Å². The summed E-state index contributed by atoms with van der Waals surface area (Å²) < 4.78 is 15.9. The van der Waals surface area contributed by atoms with Gasteiger partial charge in [-0.2, -0.15) is 0 Å². The molecule has 4 rings (SSSR count). The Morgan fingerprint density at radius 1 is 1.08 bits per heavy atom. The number of nitrogens with zero attached hydrogens (tertiary/aromatic N) is 3. The average molecular weight is 516 g/mol. The van der Waals surface area contributed by atoms with Crippen molar-refractivity contribution in [1.82, 2.24) is 15.0 Å². The Hall–Kier alpha value is -3.10. The number of hydrogen-bond donors (Lipinski definition) is 1. The molecule has 204 valence electrons. The van der Waals surface area contributed by atoms with Crippen molar-refractivity contribution in [2.45, 2.75) is 104 Å². The minimum atomic E-state index is -0.340. The zero-order valence-electron chi connectivity index (χ0n) is 22.8. The molecule has 2 heterocycles. The number of pyridine rings is 1. The number of aryl methyl sites for hydroxylation is 2. The Bertz CT molecular complexity index is 1040. The number of amides is 1. The maximum absolute atomic E-state index is 12.3. The van der Waals surface area contributed by atoms with Crippen molar-refractivity contribution in [3.8, 4) is 17.2 Å². The van der Waals surface area contributed by atoms with Gasteiger partial charge in [-0.05, 0) is 71.4 Å². The van der Waals surface area contributed by atoms with Crippen LogP contribution in [0.25, 0.3) is 11.5 Å². The van der Waals surface area contributed by atoms with Gasteiger partial charge in [-0.15, -0.1) is 0 Å². The van der Waals surface area contributed by atoms with Crippen molar-refractivity contribution in [3.63, 3.8) is 0 Å². The molecular weight excluding hydrogens is 474 g/mol. The normalized spacial score (nSPS) is 15.9. The highest BCUT2D eigenvalue weighted by molar-refractivity contribution is 5.70. The van der Waals surface area contributed by atoms with Crippen molar-refractivity contribution < 1.29 is 28.7 Å². The second-order valence-electron chi connectivity index (χ2n) is 10.4. The van der Waals surface area contributed by atoms with Gasteiger partial charge in [0.1, 0.15) is 18.1 Å². The fraction of sp³-hybridized carbons (Fsp3) is 0.643. The van der Waals surface area contributed by atoms with Gasteiger partial charge in [0.2, 0.25) is 0 Å². The van der Waals surface area contributed by atoms with E-state index < -0.39 is 0 Å². The number of carbonyl (C=O) groups excluding carboxylic acids is 2. The van der Waals surface area contributed by atoms with Crippen LogP contribution >= 0.6 is 0 Å². The van der Waals surface area contributed by atoms with Gasteiger partial charge in [0, 0.05) is 19.5 Å². The number of ether oxygens (including phenoxy) is 2. The molecule has 0 unspecified atom stereocenters. The summed E-state index contributed by atoms with van der Waals surface area (Å²) in [6.45, 7) is 7.36. The molecule has 0 saturated heterocycles. The van der Waals surface area contributed by atoms with Gasteiger partial charge in [-0.1, -0.05) is 30.8 Å². The summed E-state index contributed by atoms with van der Waals surface area (Å²) in [7, 11) is 1.78. The van der Waals surface area contributed by atoms with Crippen LogP contribution in [0.15, 0.2) is 16.7 Å². The smallest absolute Gasteiger partial charge is 0.410 e. The van der Waals surface area contributed by atoms with Gasteiger partial charge in [-0.25, -0.2) is 9.78 Å². The first kappa shape index (κ1) is 28.5. The summed E-state index contributed by atoms with van der Waals surface area (Å²) in [4.78, 5) is 29.5. The highest BCUT2D eigenvalue weighted by atomic mass is 16.6. The Morgan fingerprint density at radius 3 is 2.35 bits per heavy atom. The molecule has 2 aliphatic rings. The van der Waals surface area contributed by atoms with Crippen LogP contribution in [0.1, 0.15) is 88.6 Å². The van der Waals surface area contributed by atoms with E-state index in [1.54, 1.807) is 37.9 Å². The summed E-state index contributed by atoms with van der Waals surface area (Å²) in [5.74, 6) is 1.16. The van der Waals surface area contributed by atoms with E-state index in [0.717, 1.165) is 25.7 Å². The minimum absolute atomic E-state index is 0.0168. The number of hydrogen-bond acceptors (Lipinski definition) is 8. The molecule has 0 aromatic carbocycles. The standard InChI is InChI=1S/C18H23N3O4.C10H18O2/c1-11-14(10-24-18(23)21(3)13-6-4-5-7-13)17(25-20-11)15-8-9-16(22)12(2)19-15;1-8(2)12-10(11)7-9-5-3-4-6-9/h8-9,13,22H,4-7,10H2,1-3H3;8-9H,3-7H2,1-2H3. The van der Waals surface area contributed by atoms with Gasteiger partial charge < -0.3 is 24.0 Å². The van der Waals surface area contributed by atoms with Crippen molar-refractivity contribution in [2.24, 2.45) is 5.92 Å². The fourth-order valence-corrected chi connectivity index (χ4v) is 4.88. The molecule has 1 N–H and O–H groups in total. The second-order valence-corrected chi connectivity index (χ2v) is 10.4. The number of rotatable bonds is 7. The zero-order valence-corrected chi connectivity index (χ0v) is 22.8. The third kappa shape index (κ3) is 8.20. The van der Waals surface area contributed by atoms with Crippen molar-refractivity contribution in [2.75, 3.05) is 7.05 Å². The molecule has 0 aliphatic heterocycles. The van der Waals surface area contributed by atoms with Gasteiger partial charge in [0.25, 0.3) is 0 Å². The molecule has 2 aromatic rings. The first-order valence-electron chi connectivity index (χ1n) is 13.4. The number of carbonyl (C=O) groups is 2. The highest BCUT2D eigenvalue weighted by Crippen LogP contribution is 2.29. The molecule has 1 amide bonds. The van der Waals surface area contributed by atoms with Crippen LogP contribution in [-0.4, -0.2) is 51.4 Å². The zero-order chi connectivity index (χ0) is 26.9. The number of esters is 1. The first-order valence-corrected chi connectivity index (χ1v) is 13.4. The first-order chi connectivity index (χ1) is 17.7. The van der Waals surface area contributed by atoms with E-state index >= 15 is 0 Å². The summed E-state index contributed by atoms with van der Waals surface area (Å²) in [6.07, 6.45) is 9.72. The second kappa shape index (κ2) is 13.4. The van der Waals surface area contributed by atoms with E-state index in [2.05, 4.69) is 10.1 Å². The van der Waals surface area contributed by atoms with Gasteiger partial charge >= 0.3 is 12.1 Å². The predicted octanol–water partition coefficient (Wildman–Crippen LogP) is 6.09. The van der Waals surface area contributed by atoms with E-state index in [1.807, 2.05) is 13.8 Å². The van der Waals surface area contributed by atoms with Crippen LogP contribution in [0.2, 0.25) is 0 Å². The van der Waals surface area contributed by atoms with Gasteiger partial charge in [-0.3, -0.25) is 4.79 Å². The Balaban J connectivity index is 0.000000266. The molecule has 0 spiro atoms. The monoisotopic (exact) mass is 515 g/mol. The molecular formula is C28H41N3O6. The van der Waals surface area contributed by atoms with E-state index in [-0.39, 0.29) is 36.6 Å². The topological polar surface area (TPSA) is 115 Å². The molecule has 37 heavy (non-hydrogen) atoms. The molecule has 9 nitrogen and oxygen atoms in total. The lowest BCUT2D eigenvalue weighted by atomic mass is 10.0. The Morgan fingerprint density at radius 2 is 1.73 bits per heavy atom. The lowest BCUT2D eigenvalue weighted by Gasteiger charge is -2.23. The molecule has 0 bridgehead atoms. The van der Waals surface area contributed by atoms with Crippen molar-refractivity contribution in [1.29, 1.82) is 0 Å². The lowest BCUT2D eigenvalue weighted by Crippen LogP contribution is -2.35.